The van der Waals surface area contributed by atoms with Gasteiger partial charge in [0.15, 0.2) is 0 Å². The molecule has 2 aromatic rings. The summed E-state index contributed by atoms with van der Waals surface area (Å²) in [6.07, 6.45) is 0. The van der Waals surface area contributed by atoms with E-state index in [1.165, 1.54) is 0 Å². The van der Waals surface area contributed by atoms with Gasteiger partial charge in [0, 0.05) is 10.5 Å². The lowest BCUT2D eigenvalue weighted by atomic mass is 10.3. The Kier molecular flexibility index (Phi) is 3.63. The fourth-order valence-electron chi connectivity index (χ4n) is 1.36. The van der Waals surface area contributed by atoms with Gasteiger partial charge in [0.1, 0.15) is 17.1 Å². The van der Waals surface area contributed by atoms with Crippen LogP contribution in [0, 0.1) is 6.92 Å². The highest BCUT2D eigenvalue weighted by Gasteiger charge is 2.06. The second kappa shape index (κ2) is 5.18. The zero-order valence-corrected chi connectivity index (χ0v) is 11.1. The van der Waals surface area contributed by atoms with E-state index >= 15 is 0 Å². The van der Waals surface area contributed by atoms with Crippen LogP contribution in [0.3, 0.4) is 0 Å². The SMILES string of the molecule is COc1ccc(Br)c(NCc2nonc2C)c1. The van der Waals surface area contributed by atoms with Gasteiger partial charge in [-0.15, -0.1) is 0 Å². The maximum absolute atomic E-state index is 5.16. The lowest BCUT2D eigenvalue weighted by molar-refractivity contribution is 0.301. The Labute approximate surface area is 107 Å². The number of aryl methyl sites for hydroxylation is 1. The standard InChI is InChI=1S/C11H12BrN3O2/c1-7-11(15-17-14-7)6-13-10-5-8(16-2)3-4-9(10)12/h3-5,13H,6H2,1-2H3. The molecule has 6 heteroatoms. The van der Waals surface area contributed by atoms with Gasteiger partial charge in [0.25, 0.3) is 0 Å². The minimum atomic E-state index is 0.557. The first-order valence-corrected chi connectivity index (χ1v) is 5.85. The molecule has 5 nitrogen and oxygen atoms in total. The molecule has 0 spiro atoms. The van der Waals surface area contributed by atoms with Crippen LogP contribution in [0.4, 0.5) is 5.69 Å². The molecule has 1 N–H and O–H groups in total. The van der Waals surface area contributed by atoms with Crippen molar-refractivity contribution in [2.24, 2.45) is 0 Å². The van der Waals surface area contributed by atoms with Crippen LogP contribution in [0.5, 0.6) is 5.75 Å². The van der Waals surface area contributed by atoms with Crippen LogP contribution < -0.4 is 10.1 Å². The first kappa shape index (κ1) is 11.9. The molecular formula is C11H12BrN3O2. The highest BCUT2D eigenvalue weighted by molar-refractivity contribution is 9.10. The predicted molar refractivity (Wildman–Crippen MR) is 67.1 cm³/mol. The predicted octanol–water partition coefficient (Wildman–Crippen LogP) is 2.76. The molecule has 0 fully saturated rings. The number of ether oxygens (including phenoxy) is 1. The Balaban J connectivity index is 2.11. The van der Waals surface area contributed by atoms with Gasteiger partial charge in [-0.25, -0.2) is 4.63 Å². The summed E-state index contributed by atoms with van der Waals surface area (Å²) in [5.41, 5.74) is 2.52. The largest absolute Gasteiger partial charge is 0.497 e. The number of methoxy groups -OCH3 is 1. The highest BCUT2D eigenvalue weighted by Crippen LogP contribution is 2.27. The van der Waals surface area contributed by atoms with E-state index in [0.29, 0.717) is 6.54 Å². The van der Waals surface area contributed by atoms with Gasteiger partial charge in [-0.1, -0.05) is 10.3 Å². The van der Waals surface area contributed by atoms with Gasteiger partial charge in [-0.2, -0.15) is 0 Å². The molecule has 0 aliphatic carbocycles. The first-order valence-electron chi connectivity index (χ1n) is 5.06. The second-order valence-electron chi connectivity index (χ2n) is 3.50. The zero-order valence-electron chi connectivity index (χ0n) is 9.53. The van der Waals surface area contributed by atoms with Crippen molar-refractivity contribution in [1.29, 1.82) is 0 Å². The average molecular weight is 298 g/mol. The maximum Gasteiger partial charge on any atom is 0.127 e. The summed E-state index contributed by atoms with van der Waals surface area (Å²) in [7, 11) is 1.64. The van der Waals surface area contributed by atoms with Crippen molar-refractivity contribution in [3.05, 3.63) is 34.1 Å². The smallest absolute Gasteiger partial charge is 0.127 e. The van der Waals surface area contributed by atoms with Crippen LogP contribution in [0.15, 0.2) is 27.3 Å². The molecule has 2 rings (SSSR count). The molecule has 1 aromatic heterocycles. The molecule has 1 aromatic carbocycles. The van der Waals surface area contributed by atoms with Crippen molar-refractivity contribution in [3.63, 3.8) is 0 Å². The molecule has 0 amide bonds. The third-order valence-electron chi connectivity index (χ3n) is 2.37. The van der Waals surface area contributed by atoms with Crippen LogP contribution in [-0.4, -0.2) is 17.4 Å². The Morgan fingerprint density at radius 1 is 1.41 bits per heavy atom. The Hall–Kier alpha value is -1.56. The van der Waals surface area contributed by atoms with Crippen molar-refractivity contribution < 1.29 is 9.37 Å². The van der Waals surface area contributed by atoms with Gasteiger partial charge in [0.2, 0.25) is 0 Å². The number of rotatable bonds is 4. The van der Waals surface area contributed by atoms with E-state index in [-0.39, 0.29) is 0 Å². The summed E-state index contributed by atoms with van der Waals surface area (Å²) in [4.78, 5) is 0. The number of anilines is 1. The molecule has 0 bridgehead atoms. The summed E-state index contributed by atoms with van der Waals surface area (Å²) >= 11 is 3.46. The molecule has 0 aliphatic heterocycles. The third-order valence-corrected chi connectivity index (χ3v) is 3.06. The maximum atomic E-state index is 5.16. The van der Waals surface area contributed by atoms with Crippen molar-refractivity contribution in [2.75, 3.05) is 12.4 Å². The molecule has 1 heterocycles. The Bertz CT molecular complexity index is 513. The lowest BCUT2D eigenvalue weighted by Gasteiger charge is -2.08. The topological polar surface area (TPSA) is 60.2 Å². The average Bonchev–Trinajstić information content (AvgIpc) is 2.74. The van der Waals surface area contributed by atoms with E-state index < -0.39 is 0 Å². The first-order chi connectivity index (χ1) is 8.20. The molecule has 0 saturated heterocycles. The van der Waals surface area contributed by atoms with Crippen LogP contribution in [0.25, 0.3) is 0 Å². The quantitative estimate of drug-likeness (QED) is 0.940. The van der Waals surface area contributed by atoms with Gasteiger partial charge in [-0.3, -0.25) is 0 Å². The normalized spacial score (nSPS) is 10.3. The van der Waals surface area contributed by atoms with E-state index in [0.717, 1.165) is 27.3 Å². The number of hydrogen-bond donors (Lipinski definition) is 1. The Morgan fingerprint density at radius 2 is 2.24 bits per heavy atom. The number of halogens is 1. The van der Waals surface area contributed by atoms with Crippen molar-refractivity contribution in [1.82, 2.24) is 10.3 Å². The molecule has 0 radical (unpaired) electrons. The number of nitrogens with zero attached hydrogens (tertiary/aromatic N) is 2. The van der Waals surface area contributed by atoms with E-state index in [9.17, 15) is 0 Å². The molecular weight excluding hydrogens is 286 g/mol. The summed E-state index contributed by atoms with van der Waals surface area (Å²) in [5.74, 6) is 0.797. The van der Waals surface area contributed by atoms with Gasteiger partial charge >= 0.3 is 0 Å². The molecule has 0 saturated carbocycles. The summed E-state index contributed by atoms with van der Waals surface area (Å²) in [6.45, 7) is 2.41. The molecule has 0 atom stereocenters. The van der Waals surface area contributed by atoms with Gasteiger partial charge in [-0.05, 0) is 35.0 Å². The molecule has 90 valence electrons. The van der Waals surface area contributed by atoms with Crippen LogP contribution in [-0.2, 0) is 6.54 Å². The van der Waals surface area contributed by atoms with Crippen LogP contribution in [0.1, 0.15) is 11.4 Å². The third kappa shape index (κ3) is 2.76. The minimum absolute atomic E-state index is 0.557. The summed E-state index contributed by atoms with van der Waals surface area (Å²) in [6, 6.07) is 5.72. The van der Waals surface area contributed by atoms with Crippen molar-refractivity contribution in [3.8, 4) is 5.75 Å². The number of hydrogen-bond acceptors (Lipinski definition) is 5. The van der Waals surface area contributed by atoms with E-state index in [4.69, 9.17) is 4.74 Å². The van der Waals surface area contributed by atoms with Crippen LogP contribution >= 0.6 is 15.9 Å². The van der Waals surface area contributed by atoms with E-state index in [2.05, 4.69) is 36.2 Å². The Morgan fingerprint density at radius 3 is 2.88 bits per heavy atom. The number of nitrogens with one attached hydrogen (secondary N) is 1. The number of benzene rings is 1. The molecule has 0 aliphatic rings. The van der Waals surface area contributed by atoms with E-state index in [1.807, 2.05) is 25.1 Å². The van der Waals surface area contributed by atoms with Crippen molar-refractivity contribution >= 4 is 21.6 Å². The fraction of sp³-hybridized carbons (Fsp3) is 0.273. The summed E-state index contributed by atoms with van der Waals surface area (Å²) in [5, 5.41) is 10.8. The van der Waals surface area contributed by atoms with Crippen LogP contribution in [0.2, 0.25) is 0 Å². The monoisotopic (exact) mass is 297 g/mol. The fourth-order valence-corrected chi connectivity index (χ4v) is 1.74. The summed E-state index contributed by atoms with van der Waals surface area (Å²) < 4.78 is 10.8. The number of aromatic nitrogens is 2. The molecule has 17 heavy (non-hydrogen) atoms. The minimum Gasteiger partial charge on any atom is -0.497 e. The lowest BCUT2D eigenvalue weighted by Crippen LogP contribution is -2.02. The second-order valence-corrected chi connectivity index (χ2v) is 4.35. The zero-order chi connectivity index (χ0) is 12.3. The van der Waals surface area contributed by atoms with Crippen molar-refractivity contribution in [2.45, 2.75) is 13.5 Å². The van der Waals surface area contributed by atoms with Gasteiger partial charge in [0.05, 0.1) is 19.3 Å². The highest BCUT2D eigenvalue weighted by atomic mass is 79.9. The van der Waals surface area contributed by atoms with E-state index in [1.54, 1.807) is 7.11 Å². The van der Waals surface area contributed by atoms with Gasteiger partial charge < -0.3 is 10.1 Å². The molecule has 0 unspecified atom stereocenters.